The molecule has 0 spiro atoms. The van der Waals surface area contributed by atoms with Crippen LogP contribution in [0.1, 0.15) is 24.1 Å². The first-order valence-electron chi connectivity index (χ1n) is 9.14. The maximum absolute atomic E-state index is 12.2. The van der Waals surface area contributed by atoms with Gasteiger partial charge in [-0.05, 0) is 24.0 Å². The topological polar surface area (TPSA) is 41.4 Å². The van der Waals surface area contributed by atoms with Crippen LogP contribution in [-0.2, 0) is 11.3 Å². The van der Waals surface area contributed by atoms with Gasteiger partial charge in [0.1, 0.15) is 0 Å². The number of rotatable bonds is 4. The highest BCUT2D eigenvalue weighted by molar-refractivity contribution is 5.74. The molecule has 5 heteroatoms. The Morgan fingerprint density at radius 2 is 2.04 bits per heavy atom. The SMILES string of the molecule is CC(=O)N1C[C@H]2CN(CCn3ccnc3)C[C@H]2[C@@H]1c1ccccc1C. The van der Waals surface area contributed by atoms with Crippen LogP contribution >= 0.6 is 0 Å². The van der Waals surface area contributed by atoms with Crippen LogP contribution in [0.2, 0.25) is 0 Å². The molecule has 0 N–H and O–H groups in total. The van der Waals surface area contributed by atoms with Crippen molar-refractivity contribution in [2.24, 2.45) is 11.8 Å². The van der Waals surface area contributed by atoms with E-state index in [1.54, 1.807) is 6.92 Å². The number of hydrogen-bond acceptors (Lipinski definition) is 3. The molecule has 0 radical (unpaired) electrons. The van der Waals surface area contributed by atoms with Crippen LogP contribution in [0.25, 0.3) is 0 Å². The standard InChI is InChI=1S/C20H26N4O/c1-15-5-3-4-6-18(15)20-19-13-23(10-9-22-8-7-21-14-22)11-17(19)12-24(20)16(2)25/h3-8,14,17,19-20H,9-13H2,1-2H3/t17-,19-,20+/m1/s1. The van der Waals surface area contributed by atoms with Crippen LogP contribution in [0, 0.1) is 18.8 Å². The Bertz CT molecular complexity index is 742. The van der Waals surface area contributed by atoms with Crippen molar-refractivity contribution in [1.82, 2.24) is 19.4 Å². The van der Waals surface area contributed by atoms with E-state index in [9.17, 15) is 4.79 Å². The molecule has 4 rings (SSSR count). The second kappa shape index (κ2) is 6.64. The van der Waals surface area contributed by atoms with Crippen molar-refractivity contribution < 1.29 is 4.79 Å². The smallest absolute Gasteiger partial charge is 0.219 e. The number of hydrogen-bond donors (Lipinski definition) is 0. The number of benzene rings is 1. The molecule has 2 aliphatic heterocycles. The van der Waals surface area contributed by atoms with Gasteiger partial charge in [-0.15, -0.1) is 0 Å². The molecule has 132 valence electrons. The number of nitrogens with zero attached hydrogens (tertiary/aromatic N) is 4. The number of carbonyl (C=O) groups excluding carboxylic acids is 1. The van der Waals surface area contributed by atoms with E-state index in [1.807, 2.05) is 18.7 Å². The van der Waals surface area contributed by atoms with Gasteiger partial charge in [-0.1, -0.05) is 24.3 Å². The Labute approximate surface area is 149 Å². The first-order chi connectivity index (χ1) is 12.1. The van der Waals surface area contributed by atoms with Gasteiger partial charge >= 0.3 is 0 Å². The van der Waals surface area contributed by atoms with Crippen LogP contribution in [0.15, 0.2) is 43.0 Å². The van der Waals surface area contributed by atoms with E-state index in [0.29, 0.717) is 11.8 Å². The van der Waals surface area contributed by atoms with E-state index in [1.165, 1.54) is 11.1 Å². The van der Waals surface area contributed by atoms with E-state index >= 15 is 0 Å². The van der Waals surface area contributed by atoms with E-state index in [2.05, 4.69) is 50.5 Å². The monoisotopic (exact) mass is 338 g/mol. The number of aromatic nitrogens is 2. The lowest BCUT2D eigenvalue weighted by Crippen LogP contribution is -2.35. The molecule has 1 aromatic heterocycles. The largest absolute Gasteiger partial charge is 0.336 e. The molecular formula is C20H26N4O. The number of likely N-dealkylation sites (tertiary alicyclic amines) is 2. The molecule has 2 fully saturated rings. The normalized spacial score (nSPS) is 26.2. The molecule has 2 aromatic rings. The molecule has 25 heavy (non-hydrogen) atoms. The van der Waals surface area contributed by atoms with Gasteiger partial charge < -0.3 is 14.4 Å². The summed E-state index contributed by atoms with van der Waals surface area (Å²) in [5.74, 6) is 1.32. The average molecular weight is 338 g/mol. The van der Waals surface area contributed by atoms with Crippen molar-refractivity contribution in [3.05, 3.63) is 54.1 Å². The fourth-order valence-electron chi connectivity index (χ4n) is 4.64. The molecule has 2 saturated heterocycles. The number of fused-ring (bicyclic) bond motifs is 1. The molecule has 3 heterocycles. The van der Waals surface area contributed by atoms with E-state index < -0.39 is 0 Å². The summed E-state index contributed by atoms with van der Waals surface area (Å²) in [7, 11) is 0. The van der Waals surface area contributed by atoms with Crippen LogP contribution in [0.3, 0.4) is 0 Å². The predicted octanol–water partition coefficient (Wildman–Crippen LogP) is 2.34. The summed E-state index contributed by atoms with van der Waals surface area (Å²) in [6, 6.07) is 8.76. The van der Waals surface area contributed by atoms with Crippen molar-refractivity contribution >= 4 is 5.91 Å². The van der Waals surface area contributed by atoms with Gasteiger partial charge in [-0.25, -0.2) is 4.98 Å². The average Bonchev–Trinajstić information content (AvgIpc) is 3.29. The minimum atomic E-state index is 0.201. The molecular weight excluding hydrogens is 312 g/mol. The predicted molar refractivity (Wildman–Crippen MR) is 97.0 cm³/mol. The molecule has 1 amide bonds. The summed E-state index contributed by atoms with van der Waals surface area (Å²) in [6.07, 6.45) is 5.73. The van der Waals surface area contributed by atoms with E-state index in [4.69, 9.17) is 0 Å². The molecule has 2 aliphatic rings. The van der Waals surface area contributed by atoms with Crippen molar-refractivity contribution in [2.75, 3.05) is 26.2 Å². The summed E-state index contributed by atoms with van der Waals surface area (Å²) in [5, 5.41) is 0. The summed E-state index contributed by atoms with van der Waals surface area (Å²) in [4.78, 5) is 21.0. The van der Waals surface area contributed by atoms with Crippen LogP contribution in [0.5, 0.6) is 0 Å². The van der Waals surface area contributed by atoms with Gasteiger partial charge in [0, 0.05) is 58.0 Å². The van der Waals surface area contributed by atoms with Gasteiger partial charge in [0.05, 0.1) is 12.4 Å². The Morgan fingerprint density at radius 3 is 2.76 bits per heavy atom. The van der Waals surface area contributed by atoms with Gasteiger partial charge in [0.15, 0.2) is 0 Å². The van der Waals surface area contributed by atoms with Crippen molar-refractivity contribution in [1.29, 1.82) is 0 Å². The van der Waals surface area contributed by atoms with Crippen molar-refractivity contribution in [2.45, 2.75) is 26.4 Å². The molecule has 0 bridgehead atoms. The maximum atomic E-state index is 12.2. The number of imidazole rings is 1. The molecule has 0 aliphatic carbocycles. The van der Waals surface area contributed by atoms with E-state index in [-0.39, 0.29) is 11.9 Å². The van der Waals surface area contributed by atoms with Crippen LogP contribution in [0.4, 0.5) is 0 Å². The molecule has 0 saturated carbocycles. The molecule has 0 unspecified atom stereocenters. The second-order valence-corrected chi connectivity index (χ2v) is 7.46. The van der Waals surface area contributed by atoms with Gasteiger partial charge in [0.25, 0.3) is 0 Å². The fourth-order valence-corrected chi connectivity index (χ4v) is 4.64. The Hall–Kier alpha value is -2.14. The molecule has 3 atom stereocenters. The Kier molecular flexibility index (Phi) is 4.34. The highest BCUT2D eigenvalue weighted by Gasteiger charge is 2.48. The number of amides is 1. The van der Waals surface area contributed by atoms with Gasteiger partial charge in [-0.2, -0.15) is 0 Å². The number of aryl methyl sites for hydroxylation is 1. The summed E-state index contributed by atoms with van der Waals surface area (Å²) in [5.41, 5.74) is 2.61. The lowest BCUT2D eigenvalue weighted by Gasteiger charge is -2.30. The molecule has 1 aromatic carbocycles. The van der Waals surface area contributed by atoms with Crippen LogP contribution < -0.4 is 0 Å². The summed E-state index contributed by atoms with van der Waals surface area (Å²) in [6.45, 7) is 8.94. The Morgan fingerprint density at radius 1 is 1.20 bits per heavy atom. The first kappa shape index (κ1) is 16.3. The summed E-state index contributed by atoms with van der Waals surface area (Å²) >= 11 is 0. The zero-order valence-electron chi connectivity index (χ0n) is 15.0. The quantitative estimate of drug-likeness (QED) is 0.859. The zero-order valence-corrected chi connectivity index (χ0v) is 15.0. The minimum absolute atomic E-state index is 0.201. The van der Waals surface area contributed by atoms with Gasteiger partial charge in [-0.3, -0.25) is 4.79 Å². The number of carbonyl (C=O) groups is 1. The highest BCUT2D eigenvalue weighted by Crippen LogP contribution is 2.45. The second-order valence-electron chi connectivity index (χ2n) is 7.46. The zero-order chi connectivity index (χ0) is 17.4. The lowest BCUT2D eigenvalue weighted by molar-refractivity contribution is -0.130. The Balaban J connectivity index is 1.51. The van der Waals surface area contributed by atoms with E-state index in [0.717, 1.165) is 32.7 Å². The third-order valence-electron chi connectivity index (χ3n) is 5.88. The van der Waals surface area contributed by atoms with Crippen LogP contribution in [-0.4, -0.2) is 51.4 Å². The maximum Gasteiger partial charge on any atom is 0.219 e. The lowest BCUT2D eigenvalue weighted by atomic mass is 9.87. The highest BCUT2D eigenvalue weighted by atomic mass is 16.2. The summed E-state index contributed by atoms with van der Waals surface area (Å²) < 4.78 is 2.13. The fraction of sp³-hybridized carbons (Fsp3) is 0.500. The molecule has 5 nitrogen and oxygen atoms in total. The van der Waals surface area contributed by atoms with Crippen molar-refractivity contribution in [3.63, 3.8) is 0 Å². The third kappa shape index (κ3) is 3.09. The third-order valence-corrected chi connectivity index (χ3v) is 5.88. The first-order valence-corrected chi connectivity index (χ1v) is 9.14. The van der Waals surface area contributed by atoms with Crippen molar-refractivity contribution in [3.8, 4) is 0 Å². The van der Waals surface area contributed by atoms with Gasteiger partial charge in [0.2, 0.25) is 5.91 Å². The minimum Gasteiger partial charge on any atom is -0.336 e.